The van der Waals surface area contributed by atoms with Gasteiger partial charge < -0.3 is 10.5 Å². The van der Waals surface area contributed by atoms with Gasteiger partial charge in [0.25, 0.3) is 0 Å². The van der Waals surface area contributed by atoms with Gasteiger partial charge in [-0.2, -0.15) is 0 Å². The van der Waals surface area contributed by atoms with Crippen molar-refractivity contribution in [3.8, 4) is 5.75 Å². The zero-order chi connectivity index (χ0) is 16.7. The first-order valence-electron chi connectivity index (χ1n) is 8.17. The van der Waals surface area contributed by atoms with E-state index in [0.29, 0.717) is 24.3 Å². The maximum absolute atomic E-state index is 11.0. The highest BCUT2D eigenvalue weighted by molar-refractivity contribution is 5.92. The van der Waals surface area contributed by atoms with E-state index < -0.39 is 5.91 Å². The Hall–Kier alpha value is -2.07. The smallest absolute Gasteiger partial charge is 0.248 e. The molecule has 0 aromatic heterocycles. The molecule has 2 rings (SSSR count). The van der Waals surface area contributed by atoms with Crippen LogP contribution in [0.3, 0.4) is 0 Å². The summed E-state index contributed by atoms with van der Waals surface area (Å²) >= 11 is 0. The van der Waals surface area contributed by atoms with E-state index in [4.69, 9.17) is 10.5 Å². The number of amides is 1. The monoisotopic (exact) mass is 314 g/mol. The van der Waals surface area contributed by atoms with Crippen LogP contribution in [0, 0.1) is 0 Å². The number of hydrogen-bond acceptors (Lipinski definition) is 3. The van der Waals surface area contributed by atoms with Gasteiger partial charge in [0.1, 0.15) is 5.75 Å². The van der Waals surface area contributed by atoms with Crippen molar-refractivity contribution in [3.63, 3.8) is 0 Å². The van der Waals surface area contributed by atoms with Gasteiger partial charge >= 0.3 is 0 Å². The molecule has 0 bridgehead atoms. The Morgan fingerprint density at radius 1 is 1.43 bits per heavy atom. The summed E-state index contributed by atoms with van der Waals surface area (Å²) in [6.07, 6.45) is 9.61. The van der Waals surface area contributed by atoms with E-state index in [2.05, 4.69) is 30.6 Å². The van der Waals surface area contributed by atoms with Crippen LogP contribution in [0.15, 0.2) is 49.1 Å². The molecule has 0 unspecified atom stereocenters. The molecule has 124 valence electrons. The molecule has 1 aliphatic heterocycles. The fourth-order valence-electron chi connectivity index (χ4n) is 2.97. The molecule has 1 aromatic rings. The zero-order valence-corrected chi connectivity index (χ0v) is 13.8. The van der Waals surface area contributed by atoms with Crippen LogP contribution in [0.1, 0.15) is 36.5 Å². The van der Waals surface area contributed by atoms with Gasteiger partial charge in [0.15, 0.2) is 0 Å². The van der Waals surface area contributed by atoms with Gasteiger partial charge in [-0.1, -0.05) is 18.2 Å². The molecular weight excluding hydrogens is 288 g/mol. The molecule has 23 heavy (non-hydrogen) atoms. The van der Waals surface area contributed by atoms with Crippen LogP contribution in [0.2, 0.25) is 0 Å². The number of carbonyl (C=O) groups excluding carboxylic acids is 1. The van der Waals surface area contributed by atoms with Crippen molar-refractivity contribution >= 4 is 5.91 Å². The summed E-state index contributed by atoms with van der Waals surface area (Å²) in [6.45, 7) is 7.75. The van der Waals surface area contributed by atoms with Gasteiger partial charge in [-0.3, -0.25) is 9.69 Å². The number of ether oxygens (including phenoxy) is 1. The third-order valence-corrected chi connectivity index (χ3v) is 4.22. The Morgan fingerprint density at radius 2 is 2.17 bits per heavy atom. The number of carbonyl (C=O) groups is 1. The predicted octanol–water partition coefficient (Wildman–Crippen LogP) is 3.15. The van der Waals surface area contributed by atoms with Crippen molar-refractivity contribution in [3.05, 3.63) is 54.6 Å². The number of nitrogens with zero attached hydrogens (tertiary/aromatic N) is 1. The highest BCUT2D eigenvalue weighted by Crippen LogP contribution is 2.20. The Morgan fingerprint density at radius 3 is 2.83 bits per heavy atom. The average molecular weight is 314 g/mol. The number of rotatable bonds is 8. The number of benzene rings is 1. The lowest BCUT2D eigenvalue weighted by Crippen LogP contribution is -2.43. The van der Waals surface area contributed by atoms with E-state index in [0.717, 1.165) is 31.6 Å². The molecule has 2 atom stereocenters. The summed E-state index contributed by atoms with van der Waals surface area (Å²) < 4.78 is 5.75. The normalized spacial score (nSPS) is 21.1. The second kappa shape index (κ2) is 8.53. The fraction of sp³-hybridized carbons (Fsp3) is 0.421. The van der Waals surface area contributed by atoms with Crippen molar-refractivity contribution in [2.45, 2.75) is 38.3 Å². The predicted molar refractivity (Wildman–Crippen MR) is 93.6 cm³/mol. The van der Waals surface area contributed by atoms with Crippen LogP contribution in [-0.2, 0) is 0 Å². The molecule has 0 spiro atoms. The van der Waals surface area contributed by atoms with Crippen LogP contribution in [-0.4, -0.2) is 36.0 Å². The quantitative estimate of drug-likeness (QED) is 0.592. The highest BCUT2D eigenvalue weighted by Gasteiger charge is 2.22. The van der Waals surface area contributed by atoms with Gasteiger partial charge in [0.2, 0.25) is 5.91 Å². The third-order valence-electron chi connectivity index (χ3n) is 4.22. The van der Waals surface area contributed by atoms with Crippen LogP contribution in [0.5, 0.6) is 5.75 Å². The zero-order valence-electron chi connectivity index (χ0n) is 13.8. The summed E-state index contributed by atoms with van der Waals surface area (Å²) in [5.74, 6) is 0.348. The minimum atomic E-state index is -0.419. The molecule has 1 heterocycles. The summed E-state index contributed by atoms with van der Waals surface area (Å²) in [4.78, 5) is 13.5. The molecule has 1 aromatic carbocycles. The summed E-state index contributed by atoms with van der Waals surface area (Å²) in [6, 6.07) is 7.95. The lowest BCUT2D eigenvalue weighted by atomic mass is 10.00. The maximum atomic E-state index is 11.0. The number of primary amides is 1. The fourth-order valence-corrected chi connectivity index (χ4v) is 2.97. The van der Waals surface area contributed by atoms with Crippen molar-refractivity contribution in [2.75, 3.05) is 13.2 Å². The van der Waals surface area contributed by atoms with Gasteiger partial charge in [-0.25, -0.2) is 0 Å². The van der Waals surface area contributed by atoms with E-state index in [1.54, 1.807) is 24.3 Å². The van der Waals surface area contributed by atoms with Crippen LogP contribution in [0.25, 0.3) is 0 Å². The summed E-state index contributed by atoms with van der Waals surface area (Å²) in [5.41, 5.74) is 5.72. The first kappa shape index (κ1) is 17.3. The SMILES string of the molecule is C=CC[C@@H]1CC=C[C@@H](C)N1CCCOc1ccc(C(N)=O)cc1. The second-order valence-corrected chi connectivity index (χ2v) is 5.91. The van der Waals surface area contributed by atoms with Crippen LogP contribution < -0.4 is 10.5 Å². The Labute approximate surface area is 138 Å². The first-order chi connectivity index (χ1) is 11.1. The average Bonchev–Trinajstić information content (AvgIpc) is 2.54. The van der Waals surface area contributed by atoms with Crippen molar-refractivity contribution in [1.82, 2.24) is 4.90 Å². The van der Waals surface area contributed by atoms with Crippen molar-refractivity contribution in [1.29, 1.82) is 0 Å². The molecule has 0 saturated carbocycles. The highest BCUT2D eigenvalue weighted by atomic mass is 16.5. The topological polar surface area (TPSA) is 55.6 Å². The standard InChI is InChI=1S/C19H26N2O2/c1-3-6-17-8-4-7-15(2)21(17)13-5-14-23-18-11-9-16(10-12-18)19(20)22/h3-4,7,9-12,15,17H,1,5-6,8,13-14H2,2H3,(H2,20,22)/t15-,17-/m1/s1. The van der Waals surface area contributed by atoms with Gasteiger partial charge in [-0.05, 0) is 50.5 Å². The largest absolute Gasteiger partial charge is 0.494 e. The Kier molecular flexibility index (Phi) is 6.41. The van der Waals surface area contributed by atoms with E-state index in [-0.39, 0.29) is 0 Å². The molecule has 4 heteroatoms. The molecule has 4 nitrogen and oxygen atoms in total. The molecule has 0 fully saturated rings. The van der Waals surface area contributed by atoms with E-state index >= 15 is 0 Å². The maximum Gasteiger partial charge on any atom is 0.248 e. The number of nitrogens with two attached hydrogens (primary N) is 1. The summed E-state index contributed by atoms with van der Waals surface area (Å²) in [5, 5.41) is 0. The van der Waals surface area contributed by atoms with Crippen LogP contribution >= 0.6 is 0 Å². The molecule has 0 saturated heterocycles. The number of hydrogen-bond donors (Lipinski definition) is 1. The minimum absolute atomic E-state index is 0.419. The molecule has 0 radical (unpaired) electrons. The molecule has 1 amide bonds. The van der Waals surface area contributed by atoms with Crippen molar-refractivity contribution in [2.24, 2.45) is 5.73 Å². The van der Waals surface area contributed by atoms with Gasteiger partial charge in [0.05, 0.1) is 6.61 Å². The third kappa shape index (κ3) is 4.96. The minimum Gasteiger partial charge on any atom is -0.494 e. The Bertz CT molecular complexity index is 551. The Balaban J connectivity index is 1.78. The lowest BCUT2D eigenvalue weighted by Gasteiger charge is -2.37. The van der Waals surface area contributed by atoms with E-state index in [9.17, 15) is 4.79 Å². The molecular formula is C19H26N2O2. The van der Waals surface area contributed by atoms with Gasteiger partial charge in [-0.15, -0.1) is 6.58 Å². The van der Waals surface area contributed by atoms with Crippen molar-refractivity contribution < 1.29 is 9.53 Å². The van der Waals surface area contributed by atoms with Gasteiger partial charge in [0, 0.05) is 24.2 Å². The van der Waals surface area contributed by atoms with Crippen LogP contribution in [0.4, 0.5) is 0 Å². The lowest BCUT2D eigenvalue weighted by molar-refractivity contribution is 0.100. The molecule has 1 aliphatic rings. The first-order valence-corrected chi connectivity index (χ1v) is 8.17. The molecule has 2 N–H and O–H groups in total. The molecule has 0 aliphatic carbocycles. The second-order valence-electron chi connectivity index (χ2n) is 5.91. The summed E-state index contributed by atoms with van der Waals surface area (Å²) in [7, 11) is 0. The van der Waals surface area contributed by atoms with E-state index in [1.165, 1.54) is 0 Å². The van der Waals surface area contributed by atoms with E-state index in [1.807, 2.05) is 6.08 Å².